The number of nitrogen functional groups attached to an aromatic ring is 1. The molecule has 0 fully saturated rings. The first-order chi connectivity index (χ1) is 6.50. The van der Waals surface area contributed by atoms with Crippen molar-refractivity contribution in [2.75, 3.05) is 5.73 Å². The first-order valence-corrected chi connectivity index (χ1v) is 4.35. The molecule has 0 bridgehead atoms. The molecule has 0 saturated heterocycles. The van der Waals surface area contributed by atoms with Crippen molar-refractivity contribution < 1.29 is 13.5 Å². The van der Waals surface area contributed by atoms with Crippen LogP contribution in [0.15, 0.2) is 18.2 Å². The van der Waals surface area contributed by atoms with E-state index in [1.54, 1.807) is 12.1 Å². The van der Waals surface area contributed by atoms with Crippen molar-refractivity contribution in [3.8, 4) is 5.75 Å². The summed E-state index contributed by atoms with van der Waals surface area (Å²) in [6.07, 6.45) is 0. The smallest absolute Gasteiger partial charge is 0.387 e. The lowest BCUT2D eigenvalue weighted by molar-refractivity contribution is -0.0498. The summed E-state index contributed by atoms with van der Waals surface area (Å²) in [7, 11) is 0. The number of anilines is 1. The number of rotatable bonds is 3. The van der Waals surface area contributed by atoms with Gasteiger partial charge in [0.1, 0.15) is 5.75 Å². The SMILES string of the molecule is CC(C)c1cc(OC(F)F)ccc1N. The van der Waals surface area contributed by atoms with Crippen LogP contribution in [-0.4, -0.2) is 6.61 Å². The lowest BCUT2D eigenvalue weighted by Crippen LogP contribution is -2.03. The number of alkyl halides is 2. The largest absolute Gasteiger partial charge is 0.435 e. The van der Waals surface area contributed by atoms with E-state index in [-0.39, 0.29) is 11.7 Å². The van der Waals surface area contributed by atoms with Gasteiger partial charge >= 0.3 is 6.61 Å². The normalized spacial score (nSPS) is 11.0. The van der Waals surface area contributed by atoms with E-state index < -0.39 is 6.61 Å². The fourth-order valence-electron chi connectivity index (χ4n) is 1.23. The molecule has 14 heavy (non-hydrogen) atoms. The number of ether oxygens (including phenoxy) is 1. The van der Waals surface area contributed by atoms with Crippen molar-refractivity contribution in [3.05, 3.63) is 23.8 Å². The lowest BCUT2D eigenvalue weighted by Gasteiger charge is -2.11. The Bertz CT molecular complexity index is 313. The molecule has 0 amide bonds. The van der Waals surface area contributed by atoms with E-state index in [4.69, 9.17) is 5.73 Å². The Morgan fingerprint density at radius 1 is 1.29 bits per heavy atom. The molecule has 1 rings (SSSR count). The molecule has 78 valence electrons. The molecule has 0 heterocycles. The summed E-state index contributed by atoms with van der Waals surface area (Å²) in [5.41, 5.74) is 7.10. The molecular formula is C10H13F2NO. The van der Waals surface area contributed by atoms with Crippen LogP contribution in [0.1, 0.15) is 25.3 Å². The Balaban J connectivity index is 2.94. The lowest BCUT2D eigenvalue weighted by atomic mass is 10.0. The van der Waals surface area contributed by atoms with Crippen molar-refractivity contribution >= 4 is 5.69 Å². The molecule has 2 N–H and O–H groups in total. The van der Waals surface area contributed by atoms with Crippen LogP contribution in [0.4, 0.5) is 14.5 Å². The van der Waals surface area contributed by atoms with Gasteiger partial charge in [0.05, 0.1) is 0 Å². The zero-order valence-electron chi connectivity index (χ0n) is 8.13. The Morgan fingerprint density at radius 3 is 2.43 bits per heavy atom. The molecule has 1 aromatic rings. The third-order valence-electron chi connectivity index (χ3n) is 1.91. The van der Waals surface area contributed by atoms with E-state index in [0.717, 1.165) is 5.56 Å². The summed E-state index contributed by atoms with van der Waals surface area (Å²) >= 11 is 0. The molecule has 0 aliphatic heterocycles. The highest BCUT2D eigenvalue weighted by Gasteiger charge is 2.08. The van der Waals surface area contributed by atoms with E-state index >= 15 is 0 Å². The van der Waals surface area contributed by atoms with Crippen LogP contribution in [0.2, 0.25) is 0 Å². The van der Waals surface area contributed by atoms with Gasteiger partial charge in [0, 0.05) is 5.69 Å². The summed E-state index contributed by atoms with van der Waals surface area (Å²) in [6.45, 7) is 1.09. The molecule has 0 aliphatic rings. The zero-order chi connectivity index (χ0) is 10.7. The Kier molecular flexibility index (Phi) is 3.28. The van der Waals surface area contributed by atoms with Crippen molar-refractivity contribution in [2.24, 2.45) is 0 Å². The first-order valence-electron chi connectivity index (χ1n) is 4.35. The van der Waals surface area contributed by atoms with E-state index in [2.05, 4.69) is 4.74 Å². The predicted octanol–water partition coefficient (Wildman–Crippen LogP) is 2.99. The molecule has 0 saturated carbocycles. The topological polar surface area (TPSA) is 35.2 Å². The van der Waals surface area contributed by atoms with Crippen LogP contribution in [0.3, 0.4) is 0 Å². The molecular weight excluding hydrogens is 188 g/mol. The summed E-state index contributed by atoms with van der Waals surface area (Å²) in [5, 5.41) is 0. The summed E-state index contributed by atoms with van der Waals surface area (Å²) in [4.78, 5) is 0. The zero-order valence-corrected chi connectivity index (χ0v) is 8.13. The highest BCUT2D eigenvalue weighted by Crippen LogP contribution is 2.27. The first kappa shape index (κ1) is 10.8. The maximum atomic E-state index is 11.9. The second-order valence-corrected chi connectivity index (χ2v) is 3.32. The van der Waals surface area contributed by atoms with Crippen molar-refractivity contribution in [1.82, 2.24) is 0 Å². The van der Waals surface area contributed by atoms with Crippen LogP contribution in [0, 0.1) is 0 Å². The number of hydrogen-bond acceptors (Lipinski definition) is 2. The molecule has 2 nitrogen and oxygen atoms in total. The Hall–Kier alpha value is -1.32. The van der Waals surface area contributed by atoms with Gasteiger partial charge in [0.15, 0.2) is 0 Å². The molecule has 4 heteroatoms. The minimum absolute atomic E-state index is 0.151. The maximum absolute atomic E-state index is 11.9. The number of hydrogen-bond donors (Lipinski definition) is 1. The number of nitrogens with two attached hydrogens (primary N) is 1. The molecule has 0 radical (unpaired) electrons. The second kappa shape index (κ2) is 4.26. The number of halogens is 2. The van der Waals surface area contributed by atoms with Crippen molar-refractivity contribution in [2.45, 2.75) is 26.4 Å². The van der Waals surface area contributed by atoms with Gasteiger partial charge in [-0.25, -0.2) is 0 Å². The fourth-order valence-corrected chi connectivity index (χ4v) is 1.23. The molecule has 0 atom stereocenters. The molecule has 0 spiro atoms. The average molecular weight is 201 g/mol. The van der Waals surface area contributed by atoms with Gasteiger partial charge in [-0.15, -0.1) is 0 Å². The van der Waals surface area contributed by atoms with E-state index in [9.17, 15) is 8.78 Å². The quantitative estimate of drug-likeness (QED) is 0.763. The van der Waals surface area contributed by atoms with E-state index in [0.29, 0.717) is 5.69 Å². The minimum Gasteiger partial charge on any atom is -0.435 e. The Morgan fingerprint density at radius 2 is 1.93 bits per heavy atom. The second-order valence-electron chi connectivity index (χ2n) is 3.32. The third kappa shape index (κ3) is 2.58. The minimum atomic E-state index is -2.79. The third-order valence-corrected chi connectivity index (χ3v) is 1.91. The van der Waals surface area contributed by atoms with E-state index in [1.165, 1.54) is 6.07 Å². The van der Waals surface area contributed by atoms with Gasteiger partial charge in [-0.2, -0.15) is 8.78 Å². The van der Waals surface area contributed by atoms with Gasteiger partial charge in [-0.05, 0) is 29.7 Å². The average Bonchev–Trinajstić information content (AvgIpc) is 2.07. The van der Waals surface area contributed by atoms with E-state index in [1.807, 2.05) is 13.8 Å². The van der Waals surface area contributed by atoms with Crippen molar-refractivity contribution in [3.63, 3.8) is 0 Å². The standard InChI is InChI=1S/C10H13F2NO/c1-6(2)8-5-7(14-10(11)12)3-4-9(8)13/h3-6,10H,13H2,1-2H3. The Labute approximate surface area is 81.7 Å². The van der Waals surface area contributed by atoms with Crippen LogP contribution in [0.25, 0.3) is 0 Å². The van der Waals surface area contributed by atoms with Gasteiger partial charge in [0.25, 0.3) is 0 Å². The predicted molar refractivity (Wildman–Crippen MR) is 51.6 cm³/mol. The van der Waals surface area contributed by atoms with Crippen LogP contribution in [0.5, 0.6) is 5.75 Å². The molecule has 1 aromatic carbocycles. The molecule has 0 aromatic heterocycles. The summed E-state index contributed by atoms with van der Waals surface area (Å²) in [6, 6.07) is 4.56. The molecule has 0 unspecified atom stereocenters. The monoisotopic (exact) mass is 201 g/mol. The highest BCUT2D eigenvalue weighted by atomic mass is 19.3. The van der Waals surface area contributed by atoms with Gasteiger partial charge in [-0.3, -0.25) is 0 Å². The van der Waals surface area contributed by atoms with Gasteiger partial charge < -0.3 is 10.5 Å². The maximum Gasteiger partial charge on any atom is 0.387 e. The molecule has 0 aliphatic carbocycles. The fraction of sp³-hybridized carbons (Fsp3) is 0.400. The van der Waals surface area contributed by atoms with Crippen LogP contribution in [-0.2, 0) is 0 Å². The van der Waals surface area contributed by atoms with Crippen LogP contribution < -0.4 is 10.5 Å². The number of benzene rings is 1. The summed E-state index contributed by atoms with van der Waals surface area (Å²) < 4.78 is 28.1. The van der Waals surface area contributed by atoms with Crippen molar-refractivity contribution in [1.29, 1.82) is 0 Å². The summed E-state index contributed by atoms with van der Waals surface area (Å²) in [5.74, 6) is 0.342. The van der Waals surface area contributed by atoms with Gasteiger partial charge in [0.2, 0.25) is 0 Å². The van der Waals surface area contributed by atoms with Crippen LogP contribution >= 0.6 is 0 Å². The highest BCUT2D eigenvalue weighted by molar-refractivity contribution is 5.51. The van der Waals surface area contributed by atoms with Gasteiger partial charge in [-0.1, -0.05) is 13.8 Å².